The van der Waals surface area contributed by atoms with E-state index in [1.54, 1.807) is 13.2 Å². The molecule has 0 aromatic heterocycles. The van der Waals surface area contributed by atoms with Gasteiger partial charge in [0.1, 0.15) is 0 Å². The summed E-state index contributed by atoms with van der Waals surface area (Å²) in [4.78, 5) is 11.7. The third-order valence-electron chi connectivity index (χ3n) is 2.91. The monoisotopic (exact) mass is 182 g/mol. The molecule has 0 aromatic carbocycles. The maximum absolute atomic E-state index is 11.7. The van der Waals surface area contributed by atoms with Gasteiger partial charge in [-0.15, -0.1) is 0 Å². The molecule has 2 rings (SSSR count). The highest BCUT2D eigenvalue weighted by Crippen LogP contribution is 2.41. The van der Waals surface area contributed by atoms with Crippen LogP contribution in [0.5, 0.6) is 0 Å². The molecule has 13 heavy (non-hydrogen) atoms. The van der Waals surface area contributed by atoms with Gasteiger partial charge >= 0.3 is 0 Å². The third kappa shape index (κ3) is 1.15. The minimum absolute atomic E-state index is 0.0266. The maximum Gasteiger partial charge on any atom is 0.236 e. The van der Waals surface area contributed by atoms with Crippen molar-refractivity contribution in [2.24, 2.45) is 5.92 Å². The first-order chi connectivity index (χ1) is 6.19. The van der Waals surface area contributed by atoms with Gasteiger partial charge in [0.2, 0.25) is 11.6 Å². The van der Waals surface area contributed by atoms with E-state index in [1.165, 1.54) is 0 Å². The zero-order chi connectivity index (χ0) is 9.47. The molecule has 1 saturated heterocycles. The van der Waals surface area contributed by atoms with Gasteiger partial charge in [-0.3, -0.25) is 4.79 Å². The van der Waals surface area contributed by atoms with Crippen molar-refractivity contribution < 1.29 is 14.3 Å². The lowest BCUT2D eigenvalue weighted by Gasteiger charge is -2.33. The van der Waals surface area contributed by atoms with Crippen LogP contribution in [0.2, 0.25) is 0 Å². The van der Waals surface area contributed by atoms with Crippen molar-refractivity contribution in [2.45, 2.75) is 25.6 Å². The quantitative estimate of drug-likeness (QED) is 0.613. The molecule has 0 bridgehead atoms. The second-order valence-corrected chi connectivity index (χ2v) is 3.76. The lowest BCUT2D eigenvalue weighted by Crippen LogP contribution is -2.47. The average molecular weight is 182 g/mol. The molecule has 2 atom stereocenters. The van der Waals surface area contributed by atoms with Crippen LogP contribution < -0.4 is 0 Å². The Kier molecular flexibility index (Phi) is 2.00. The summed E-state index contributed by atoms with van der Waals surface area (Å²) < 4.78 is 10.7. The highest BCUT2D eigenvalue weighted by atomic mass is 16.7. The molecule has 0 amide bonds. The van der Waals surface area contributed by atoms with Crippen LogP contribution >= 0.6 is 0 Å². The molecule has 2 unspecified atom stereocenters. The van der Waals surface area contributed by atoms with Gasteiger partial charge in [-0.05, 0) is 25.8 Å². The van der Waals surface area contributed by atoms with Crippen molar-refractivity contribution in [1.29, 1.82) is 0 Å². The van der Waals surface area contributed by atoms with Crippen molar-refractivity contribution in [3.8, 4) is 0 Å². The first kappa shape index (κ1) is 8.91. The normalized spacial score (nSPS) is 38.8. The highest BCUT2D eigenvalue weighted by molar-refractivity contribution is 5.97. The summed E-state index contributed by atoms with van der Waals surface area (Å²) >= 11 is 0. The first-order valence-electron chi connectivity index (χ1n) is 4.60. The molecule has 1 aliphatic heterocycles. The van der Waals surface area contributed by atoms with Crippen molar-refractivity contribution in [3.05, 3.63) is 11.6 Å². The van der Waals surface area contributed by atoms with Crippen LogP contribution in [-0.4, -0.2) is 25.3 Å². The Labute approximate surface area is 77.7 Å². The topological polar surface area (TPSA) is 35.5 Å². The number of carbonyl (C=O) groups excluding carboxylic acids is 1. The van der Waals surface area contributed by atoms with Crippen molar-refractivity contribution >= 4 is 5.78 Å². The fourth-order valence-electron chi connectivity index (χ4n) is 2.27. The number of hydrogen-bond donors (Lipinski definition) is 0. The van der Waals surface area contributed by atoms with Gasteiger partial charge < -0.3 is 9.47 Å². The van der Waals surface area contributed by atoms with E-state index in [9.17, 15) is 4.79 Å². The van der Waals surface area contributed by atoms with Crippen LogP contribution in [-0.2, 0) is 14.3 Å². The summed E-state index contributed by atoms with van der Waals surface area (Å²) in [6, 6.07) is 0. The molecule has 0 spiro atoms. The molecule has 0 N–H and O–H groups in total. The Morgan fingerprint density at radius 1 is 1.69 bits per heavy atom. The molecule has 3 heteroatoms. The number of methoxy groups -OCH3 is 1. The van der Waals surface area contributed by atoms with E-state index in [4.69, 9.17) is 9.47 Å². The number of allylic oxidation sites excluding steroid dienone is 1. The van der Waals surface area contributed by atoms with E-state index in [-0.39, 0.29) is 11.7 Å². The van der Waals surface area contributed by atoms with Crippen molar-refractivity contribution in [1.82, 2.24) is 0 Å². The molecule has 1 fully saturated rings. The molecule has 72 valence electrons. The van der Waals surface area contributed by atoms with Crippen LogP contribution in [0.4, 0.5) is 0 Å². The van der Waals surface area contributed by atoms with E-state index >= 15 is 0 Å². The molecule has 3 nitrogen and oxygen atoms in total. The van der Waals surface area contributed by atoms with Gasteiger partial charge in [0.15, 0.2) is 0 Å². The Morgan fingerprint density at radius 3 is 3.15 bits per heavy atom. The SMILES string of the molecule is COC12OCCC1CC(C)=CC2=O. The number of ether oxygens (including phenoxy) is 2. The van der Waals surface area contributed by atoms with Crippen LogP contribution in [0.1, 0.15) is 19.8 Å². The number of rotatable bonds is 1. The Bertz CT molecular complexity index is 269. The van der Waals surface area contributed by atoms with Crippen LogP contribution in [0.25, 0.3) is 0 Å². The Hall–Kier alpha value is -0.670. The van der Waals surface area contributed by atoms with Crippen molar-refractivity contribution in [2.75, 3.05) is 13.7 Å². The fourth-order valence-corrected chi connectivity index (χ4v) is 2.27. The lowest BCUT2D eigenvalue weighted by atomic mass is 9.83. The largest absolute Gasteiger partial charge is 0.346 e. The number of hydrogen-bond acceptors (Lipinski definition) is 3. The molecule has 0 aromatic rings. The molecule has 1 heterocycles. The second-order valence-electron chi connectivity index (χ2n) is 3.76. The zero-order valence-corrected chi connectivity index (χ0v) is 8.00. The summed E-state index contributed by atoms with van der Waals surface area (Å²) in [5, 5.41) is 0. The molecule has 1 aliphatic carbocycles. The van der Waals surface area contributed by atoms with Gasteiger partial charge in [-0.1, -0.05) is 5.57 Å². The van der Waals surface area contributed by atoms with Gasteiger partial charge in [0, 0.05) is 13.0 Å². The summed E-state index contributed by atoms with van der Waals surface area (Å²) in [6.45, 7) is 2.61. The predicted octanol–water partition coefficient (Wildman–Crippen LogP) is 1.28. The summed E-state index contributed by atoms with van der Waals surface area (Å²) in [5.74, 6) is -0.754. The van der Waals surface area contributed by atoms with Crippen molar-refractivity contribution in [3.63, 3.8) is 0 Å². The van der Waals surface area contributed by atoms with Gasteiger partial charge in [-0.2, -0.15) is 0 Å². The van der Waals surface area contributed by atoms with Gasteiger partial charge in [0.05, 0.1) is 6.61 Å². The highest BCUT2D eigenvalue weighted by Gasteiger charge is 2.51. The molecule has 0 saturated carbocycles. The molecular weight excluding hydrogens is 168 g/mol. The smallest absolute Gasteiger partial charge is 0.236 e. The maximum atomic E-state index is 11.7. The minimum atomic E-state index is -0.945. The summed E-state index contributed by atoms with van der Waals surface area (Å²) in [7, 11) is 1.55. The second kappa shape index (κ2) is 2.93. The Morgan fingerprint density at radius 2 is 2.46 bits per heavy atom. The fraction of sp³-hybridized carbons (Fsp3) is 0.700. The summed E-state index contributed by atoms with van der Waals surface area (Å²) in [5.41, 5.74) is 1.13. The van der Waals surface area contributed by atoms with E-state index in [0.29, 0.717) is 6.61 Å². The van der Waals surface area contributed by atoms with E-state index < -0.39 is 5.79 Å². The van der Waals surface area contributed by atoms with Crippen LogP contribution in [0.15, 0.2) is 11.6 Å². The first-order valence-corrected chi connectivity index (χ1v) is 4.60. The van der Waals surface area contributed by atoms with Crippen LogP contribution in [0.3, 0.4) is 0 Å². The third-order valence-corrected chi connectivity index (χ3v) is 2.91. The average Bonchev–Trinajstić information content (AvgIpc) is 2.48. The predicted molar refractivity (Wildman–Crippen MR) is 47.2 cm³/mol. The Balaban J connectivity index is 2.36. The number of fused-ring (bicyclic) bond motifs is 1. The van der Waals surface area contributed by atoms with Gasteiger partial charge in [0.25, 0.3) is 0 Å². The van der Waals surface area contributed by atoms with Gasteiger partial charge in [-0.25, -0.2) is 0 Å². The number of ketones is 1. The standard InChI is InChI=1S/C10H14O3/c1-7-5-8-3-4-13-10(8,12-2)9(11)6-7/h6,8H,3-5H2,1-2H3. The lowest BCUT2D eigenvalue weighted by molar-refractivity contribution is -0.210. The minimum Gasteiger partial charge on any atom is -0.346 e. The van der Waals surface area contributed by atoms with E-state index in [0.717, 1.165) is 18.4 Å². The van der Waals surface area contributed by atoms with Crippen LogP contribution in [0, 0.1) is 5.92 Å². The van der Waals surface area contributed by atoms with E-state index in [1.807, 2.05) is 6.92 Å². The van der Waals surface area contributed by atoms with E-state index in [2.05, 4.69) is 0 Å². The molecule has 2 aliphatic rings. The molecule has 0 radical (unpaired) electrons. The number of carbonyl (C=O) groups is 1. The zero-order valence-electron chi connectivity index (χ0n) is 8.00. The molecular formula is C10H14O3. The summed E-state index contributed by atoms with van der Waals surface area (Å²) in [6.07, 6.45) is 3.48.